The van der Waals surface area contributed by atoms with E-state index in [1.807, 2.05) is 0 Å². The normalized spacial score (nSPS) is 24.0. The van der Waals surface area contributed by atoms with Gasteiger partial charge in [-0.2, -0.15) is 4.31 Å². The maximum Gasteiger partial charge on any atom is 0.251 e. The molecule has 27 heavy (non-hydrogen) atoms. The fraction of sp³-hybridized carbons (Fsp3) is 0.611. The monoisotopic (exact) mass is 417 g/mol. The Bertz CT molecular complexity index is 736. The van der Waals surface area contributed by atoms with Crippen molar-refractivity contribution in [1.82, 2.24) is 14.9 Å². The van der Waals surface area contributed by atoms with Crippen molar-refractivity contribution in [2.24, 2.45) is 5.92 Å². The minimum Gasteiger partial charge on any atom is -0.391 e. The predicted molar refractivity (Wildman–Crippen MR) is 106 cm³/mol. The summed E-state index contributed by atoms with van der Waals surface area (Å²) in [5, 5.41) is 15.7. The lowest BCUT2D eigenvalue weighted by Gasteiger charge is -2.20. The summed E-state index contributed by atoms with van der Waals surface area (Å²) in [6.45, 7) is 2.61. The Kier molecular flexibility index (Phi) is 8.05. The average Bonchev–Trinajstić information content (AvgIpc) is 2.88. The lowest BCUT2D eigenvalue weighted by atomic mass is 10.1. The van der Waals surface area contributed by atoms with Gasteiger partial charge in [0.05, 0.1) is 11.0 Å². The van der Waals surface area contributed by atoms with E-state index in [1.54, 1.807) is 18.2 Å². The van der Waals surface area contributed by atoms with Crippen molar-refractivity contribution < 1.29 is 18.3 Å². The highest BCUT2D eigenvalue weighted by atomic mass is 35.5. The standard InChI is InChI=1S/C18H27N3O4S.ClH/c22-17-13-19-11-15(17)12-20-18(23)14-6-5-7-16(10-14)26(24,25)21-8-3-1-2-4-9-21;/h5-7,10,15,17,19,22H,1-4,8-9,11-13H2,(H,20,23);1H. The van der Waals surface area contributed by atoms with Crippen LogP contribution in [0.1, 0.15) is 36.0 Å². The minimum atomic E-state index is -3.58. The number of rotatable bonds is 5. The van der Waals surface area contributed by atoms with Gasteiger partial charge in [0.15, 0.2) is 0 Å². The first-order chi connectivity index (χ1) is 12.5. The zero-order valence-electron chi connectivity index (χ0n) is 15.3. The van der Waals surface area contributed by atoms with Gasteiger partial charge in [-0.25, -0.2) is 8.42 Å². The number of halogens is 1. The molecule has 3 rings (SSSR count). The minimum absolute atomic E-state index is 0. The molecule has 0 bridgehead atoms. The molecule has 2 atom stereocenters. The van der Waals surface area contributed by atoms with Crippen molar-refractivity contribution in [3.05, 3.63) is 29.8 Å². The maximum absolute atomic E-state index is 12.9. The number of benzene rings is 1. The second-order valence-electron chi connectivity index (χ2n) is 7.04. The molecule has 0 aliphatic carbocycles. The predicted octanol–water partition coefficient (Wildman–Crippen LogP) is 0.983. The van der Waals surface area contributed by atoms with Crippen LogP contribution >= 0.6 is 12.4 Å². The second kappa shape index (κ2) is 9.84. The van der Waals surface area contributed by atoms with Crippen molar-refractivity contribution in [3.63, 3.8) is 0 Å². The SMILES string of the molecule is Cl.O=C(NCC1CNCC1O)c1cccc(S(=O)(=O)N2CCCCCC2)c1. The third-order valence-electron chi connectivity index (χ3n) is 5.13. The molecule has 2 fully saturated rings. The van der Waals surface area contributed by atoms with E-state index in [1.165, 1.54) is 10.4 Å². The summed E-state index contributed by atoms with van der Waals surface area (Å²) in [6.07, 6.45) is 3.38. The topological polar surface area (TPSA) is 98.7 Å². The number of nitrogens with one attached hydrogen (secondary N) is 2. The highest BCUT2D eigenvalue weighted by molar-refractivity contribution is 7.89. The van der Waals surface area contributed by atoms with Crippen molar-refractivity contribution in [1.29, 1.82) is 0 Å². The van der Waals surface area contributed by atoms with E-state index in [4.69, 9.17) is 0 Å². The van der Waals surface area contributed by atoms with Crippen LogP contribution in [0.2, 0.25) is 0 Å². The first-order valence-corrected chi connectivity index (χ1v) is 10.7. The van der Waals surface area contributed by atoms with Crippen LogP contribution < -0.4 is 10.6 Å². The van der Waals surface area contributed by atoms with E-state index in [0.29, 0.717) is 38.3 Å². The van der Waals surface area contributed by atoms with Crippen molar-refractivity contribution in [2.45, 2.75) is 36.7 Å². The van der Waals surface area contributed by atoms with Gasteiger partial charge in [0.2, 0.25) is 10.0 Å². The van der Waals surface area contributed by atoms with E-state index < -0.39 is 16.1 Å². The third-order valence-corrected chi connectivity index (χ3v) is 7.02. The van der Waals surface area contributed by atoms with E-state index in [2.05, 4.69) is 10.6 Å². The Balaban J connectivity index is 0.00000261. The molecular formula is C18H28ClN3O4S. The third kappa shape index (κ3) is 5.42. The Morgan fingerprint density at radius 2 is 1.89 bits per heavy atom. The molecule has 1 aromatic carbocycles. The van der Waals surface area contributed by atoms with Gasteiger partial charge in [-0.1, -0.05) is 18.9 Å². The first-order valence-electron chi connectivity index (χ1n) is 9.25. The summed E-state index contributed by atoms with van der Waals surface area (Å²) in [7, 11) is -3.58. The molecule has 1 aromatic rings. The number of aliphatic hydroxyl groups is 1. The zero-order chi connectivity index (χ0) is 18.6. The summed E-state index contributed by atoms with van der Waals surface area (Å²) < 4.78 is 27.3. The Labute approximate surface area is 167 Å². The Morgan fingerprint density at radius 3 is 2.52 bits per heavy atom. The van der Waals surface area contributed by atoms with Crippen molar-refractivity contribution in [2.75, 3.05) is 32.7 Å². The number of carbonyl (C=O) groups is 1. The maximum atomic E-state index is 12.9. The summed E-state index contributed by atoms with van der Waals surface area (Å²) in [5.74, 6) is -0.347. The van der Waals surface area contributed by atoms with Crippen LogP contribution in [0.3, 0.4) is 0 Å². The molecule has 1 amide bonds. The van der Waals surface area contributed by atoms with E-state index in [9.17, 15) is 18.3 Å². The fourth-order valence-corrected chi connectivity index (χ4v) is 5.05. The number of amides is 1. The van der Waals surface area contributed by atoms with Gasteiger partial charge < -0.3 is 15.7 Å². The molecule has 2 unspecified atom stereocenters. The largest absolute Gasteiger partial charge is 0.391 e. The van der Waals surface area contributed by atoms with Gasteiger partial charge in [-0.15, -0.1) is 12.4 Å². The smallest absolute Gasteiger partial charge is 0.251 e. The van der Waals surface area contributed by atoms with Gasteiger partial charge in [-0.05, 0) is 31.0 Å². The molecule has 3 N–H and O–H groups in total. The van der Waals surface area contributed by atoms with Crippen LogP contribution in [0.15, 0.2) is 29.2 Å². The highest BCUT2D eigenvalue weighted by Gasteiger charge is 2.27. The number of hydrogen-bond acceptors (Lipinski definition) is 5. The summed E-state index contributed by atoms with van der Waals surface area (Å²) >= 11 is 0. The molecule has 2 saturated heterocycles. The molecule has 2 aliphatic heterocycles. The number of aliphatic hydroxyl groups excluding tert-OH is 1. The summed E-state index contributed by atoms with van der Waals surface area (Å²) in [4.78, 5) is 12.6. The number of β-amino-alcohol motifs (C(OH)–C–C–N with tert-alkyl or cyclic N) is 1. The summed E-state index contributed by atoms with van der Waals surface area (Å²) in [5.41, 5.74) is 0.321. The zero-order valence-corrected chi connectivity index (χ0v) is 16.9. The number of nitrogens with zero attached hydrogens (tertiary/aromatic N) is 1. The van der Waals surface area contributed by atoms with E-state index in [0.717, 1.165) is 25.7 Å². The van der Waals surface area contributed by atoms with Crippen LogP contribution in [-0.4, -0.2) is 62.6 Å². The summed E-state index contributed by atoms with van der Waals surface area (Å²) in [6, 6.07) is 6.20. The van der Waals surface area contributed by atoms with Crippen molar-refractivity contribution >= 4 is 28.3 Å². The van der Waals surface area contributed by atoms with Gasteiger partial charge >= 0.3 is 0 Å². The molecule has 9 heteroatoms. The molecule has 7 nitrogen and oxygen atoms in total. The molecule has 2 heterocycles. The lowest BCUT2D eigenvalue weighted by molar-refractivity contribution is 0.0927. The second-order valence-corrected chi connectivity index (χ2v) is 8.98. The van der Waals surface area contributed by atoms with E-state index in [-0.39, 0.29) is 29.1 Å². The van der Waals surface area contributed by atoms with Crippen LogP contribution in [0, 0.1) is 5.92 Å². The van der Waals surface area contributed by atoms with Crippen LogP contribution in [0.5, 0.6) is 0 Å². The van der Waals surface area contributed by atoms with Crippen molar-refractivity contribution in [3.8, 4) is 0 Å². The number of hydrogen-bond donors (Lipinski definition) is 3. The average molecular weight is 418 g/mol. The fourth-order valence-electron chi connectivity index (χ4n) is 3.48. The van der Waals surface area contributed by atoms with E-state index >= 15 is 0 Å². The molecule has 152 valence electrons. The van der Waals surface area contributed by atoms with Gasteiger partial charge in [0.25, 0.3) is 5.91 Å². The Morgan fingerprint density at radius 1 is 1.19 bits per heavy atom. The van der Waals surface area contributed by atoms with Crippen LogP contribution in [-0.2, 0) is 10.0 Å². The van der Waals surface area contributed by atoms with Crippen LogP contribution in [0.25, 0.3) is 0 Å². The van der Waals surface area contributed by atoms with Gasteiger partial charge in [0, 0.05) is 44.2 Å². The molecule has 0 radical (unpaired) electrons. The molecule has 0 saturated carbocycles. The molecule has 0 spiro atoms. The van der Waals surface area contributed by atoms with Gasteiger partial charge in [-0.3, -0.25) is 4.79 Å². The molecule has 0 aromatic heterocycles. The number of sulfonamides is 1. The van der Waals surface area contributed by atoms with Gasteiger partial charge in [0.1, 0.15) is 0 Å². The first kappa shape index (κ1) is 22.1. The molecular weight excluding hydrogens is 390 g/mol. The lowest BCUT2D eigenvalue weighted by Crippen LogP contribution is -2.34. The molecule has 2 aliphatic rings. The Hall–Kier alpha value is -1.19. The highest BCUT2D eigenvalue weighted by Crippen LogP contribution is 2.21. The number of carbonyl (C=O) groups excluding carboxylic acids is 1. The quantitative estimate of drug-likeness (QED) is 0.663. The van der Waals surface area contributed by atoms with Crippen LogP contribution in [0.4, 0.5) is 0 Å².